The highest BCUT2D eigenvalue weighted by Gasteiger charge is 2.22. The normalized spacial score (nSPS) is 16.4. The molecule has 4 nitrogen and oxygen atoms in total. The molecule has 1 saturated heterocycles. The average molecular weight is 315 g/mol. The Morgan fingerprint density at radius 1 is 1.45 bits per heavy atom. The van der Waals surface area contributed by atoms with Crippen LogP contribution in [0.25, 0.3) is 0 Å². The van der Waals surface area contributed by atoms with Crippen molar-refractivity contribution in [3.05, 3.63) is 28.8 Å². The number of thiocarbonyl (C=S) groups is 1. The van der Waals surface area contributed by atoms with E-state index in [9.17, 15) is 0 Å². The van der Waals surface area contributed by atoms with Crippen molar-refractivity contribution in [1.29, 1.82) is 0 Å². The Labute approximate surface area is 129 Å². The van der Waals surface area contributed by atoms with Crippen molar-refractivity contribution < 1.29 is 9.84 Å². The Kier molecular flexibility index (Phi) is 5.60. The van der Waals surface area contributed by atoms with Crippen molar-refractivity contribution >= 4 is 34.5 Å². The van der Waals surface area contributed by atoms with Gasteiger partial charge in [0, 0.05) is 29.4 Å². The molecule has 1 aromatic rings. The monoisotopic (exact) mass is 314 g/mol. The second-order valence-corrected chi connectivity index (χ2v) is 5.68. The number of anilines is 1. The molecule has 1 aliphatic rings. The molecule has 1 aromatic carbocycles. The third kappa shape index (κ3) is 3.82. The Bertz CT molecular complexity index is 476. The number of nitrogens with zero attached hydrogens (tertiary/aromatic N) is 1. The molecule has 2 rings (SSSR count). The Balaban J connectivity index is 2.05. The van der Waals surface area contributed by atoms with Gasteiger partial charge in [-0.2, -0.15) is 0 Å². The first kappa shape index (κ1) is 15.5. The summed E-state index contributed by atoms with van der Waals surface area (Å²) in [6.07, 6.45) is 2.08. The van der Waals surface area contributed by atoms with Gasteiger partial charge in [0.15, 0.2) is 0 Å². The summed E-state index contributed by atoms with van der Waals surface area (Å²) in [6.45, 7) is 2.24. The van der Waals surface area contributed by atoms with Gasteiger partial charge in [-0.3, -0.25) is 0 Å². The van der Waals surface area contributed by atoms with Gasteiger partial charge in [-0.05, 0) is 31.0 Å². The molecule has 0 spiro atoms. The fraction of sp³-hybridized carbons (Fsp3) is 0.500. The van der Waals surface area contributed by atoms with E-state index in [1.165, 1.54) is 0 Å². The van der Waals surface area contributed by atoms with Crippen LogP contribution >= 0.6 is 23.8 Å². The van der Waals surface area contributed by atoms with Crippen LogP contribution in [0.5, 0.6) is 0 Å². The number of aliphatic hydroxyl groups is 1. The average Bonchev–Trinajstić information content (AvgIpc) is 2.45. The van der Waals surface area contributed by atoms with Crippen LogP contribution in [0, 0.1) is 0 Å². The summed E-state index contributed by atoms with van der Waals surface area (Å²) in [4.78, 5) is 2.62. The number of aliphatic hydroxyl groups excluding tert-OH is 1. The maximum absolute atomic E-state index is 8.77. The molecule has 0 amide bonds. The topological polar surface area (TPSA) is 58.7 Å². The van der Waals surface area contributed by atoms with Crippen molar-refractivity contribution in [3.63, 3.8) is 0 Å². The lowest BCUT2D eigenvalue weighted by molar-refractivity contribution is 0.0159. The summed E-state index contributed by atoms with van der Waals surface area (Å²) in [7, 11) is 0. The molecule has 0 unspecified atom stereocenters. The first-order valence-electron chi connectivity index (χ1n) is 6.68. The van der Waals surface area contributed by atoms with E-state index in [0.29, 0.717) is 16.6 Å². The predicted octanol–water partition coefficient (Wildman–Crippen LogP) is 1.95. The summed E-state index contributed by atoms with van der Waals surface area (Å²) in [5.74, 6) is 0. The van der Waals surface area contributed by atoms with E-state index in [2.05, 4.69) is 4.90 Å². The molecule has 1 fully saturated rings. The zero-order valence-corrected chi connectivity index (χ0v) is 12.8. The minimum absolute atomic E-state index is 0.0724. The predicted molar refractivity (Wildman–Crippen MR) is 85.6 cm³/mol. The van der Waals surface area contributed by atoms with Gasteiger partial charge in [-0.15, -0.1) is 0 Å². The summed E-state index contributed by atoms with van der Waals surface area (Å²) in [5.41, 5.74) is 7.63. The molecular weight excluding hydrogens is 296 g/mol. The van der Waals surface area contributed by atoms with Crippen LogP contribution in [-0.2, 0) is 4.74 Å². The Morgan fingerprint density at radius 2 is 2.15 bits per heavy atom. The standard InChI is InChI=1S/C14H19ClN2O2S/c15-10-1-2-13(12(9-10)14(16)20)17-5-3-11(4-6-17)19-8-7-18/h1-2,9,11,18H,3-8H2,(H2,16,20). The molecule has 20 heavy (non-hydrogen) atoms. The summed E-state index contributed by atoms with van der Waals surface area (Å²) < 4.78 is 5.56. The number of ether oxygens (including phenoxy) is 1. The van der Waals surface area contributed by atoms with Crippen LogP contribution < -0.4 is 10.6 Å². The lowest BCUT2D eigenvalue weighted by atomic mass is 10.0. The van der Waals surface area contributed by atoms with Crippen molar-refractivity contribution in [2.75, 3.05) is 31.2 Å². The van der Waals surface area contributed by atoms with Crippen LogP contribution in [0.15, 0.2) is 18.2 Å². The quantitative estimate of drug-likeness (QED) is 0.814. The molecule has 0 aromatic heterocycles. The van der Waals surface area contributed by atoms with E-state index in [4.69, 9.17) is 39.4 Å². The SMILES string of the molecule is NC(=S)c1cc(Cl)ccc1N1CCC(OCCO)CC1. The minimum Gasteiger partial charge on any atom is -0.394 e. The maximum atomic E-state index is 8.77. The summed E-state index contributed by atoms with van der Waals surface area (Å²) in [6, 6.07) is 5.63. The Morgan fingerprint density at radius 3 is 2.75 bits per heavy atom. The number of benzene rings is 1. The van der Waals surface area contributed by atoms with E-state index in [1.54, 1.807) is 0 Å². The first-order chi connectivity index (χ1) is 9.61. The lowest BCUT2D eigenvalue weighted by Gasteiger charge is -2.34. The van der Waals surface area contributed by atoms with Crippen molar-refractivity contribution in [1.82, 2.24) is 0 Å². The third-order valence-electron chi connectivity index (χ3n) is 3.45. The maximum Gasteiger partial charge on any atom is 0.106 e. The van der Waals surface area contributed by atoms with E-state index in [-0.39, 0.29) is 12.7 Å². The molecule has 1 heterocycles. The molecule has 3 N–H and O–H groups in total. The number of rotatable bonds is 5. The van der Waals surface area contributed by atoms with Gasteiger partial charge in [0.25, 0.3) is 0 Å². The molecule has 0 radical (unpaired) electrons. The van der Waals surface area contributed by atoms with E-state index >= 15 is 0 Å². The number of piperidine rings is 1. The van der Waals surface area contributed by atoms with E-state index in [1.807, 2.05) is 18.2 Å². The third-order valence-corrected chi connectivity index (χ3v) is 3.91. The largest absolute Gasteiger partial charge is 0.394 e. The molecule has 0 saturated carbocycles. The molecule has 0 bridgehead atoms. The van der Waals surface area contributed by atoms with Gasteiger partial charge in [-0.1, -0.05) is 23.8 Å². The molecule has 6 heteroatoms. The van der Waals surface area contributed by atoms with Crippen molar-refractivity contribution in [3.8, 4) is 0 Å². The zero-order valence-electron chi connectivity index (χ0n) is 11.2. The highest BCUT2D eigenvalue weighted by molar-refractivity contribution is 7.80. The molecule has 0 atom stereocenters. The van der Waals surface area contributed by atoms with Crippen molar-refractivity contribution in [2.24, 2.45) is 5.73 Å². The molecule has 110 valence electrons. The zero-order chi connectivity index (χ0) is 14.5. The fourth-order valence-corrected chi connectivity index (χ4v) is 2.80. The highest BCUT2D eigenvalue weighted by atomic mass is 35.5. The fourth-order valence-electron chi connectivity index (χ4n) is 2.46. The van der Waals surface area contributed by atoms with Crippen LogP contribution in [0.2, 0.25) is 5.02 Å². The highest BCUT2D eigenvalue weighted by Crippen LogP contribution is 2.27. The van der Waals surface area contributed by atoms with Crippen LogP contribution in [0.3, 0.4) is 0 Å². The van der Waals surface area contributed by atoms with Crippen LogP contribution in [0.4, 0.5) is 5.69 Å². The van der Waals surface area contributed by atoms with Gasteiger partial charge in [-0.25, -0.2) is 0 Å². The smallest absolute Gasteiger partial charge is 0.106 e. The number of hydrogen-bond acceptors (Lipinski definition) is 4. The van der Waals surface area contributed by atoms with Crippen LogP contribution in [-0.4, -0.2) is 42.5 Å². The van der Waals surface area contributed by atoms with Gasteiger partial charge in [0.05, 0.1) is 19.3 Å². The van der Waals surface area contributed by atoms with Gasteiger partial charge < -0.3 is 20.5 Å². The van der Waals surface area contributed by atoms with Crippen LogP contribution in [0.1, 0.15) is 18.4 Å². The summed E-state index contributed by atoms with van der Waals surface area (Å²) >= 11 is 11.1. The molecule has 0 aliphatic carbocycles. The second-order valence-electron chi connectivity index (χ2n) is 4.81. The Hall–Kier alpha value is -0.880. The second kappa shape index (κ2) is 7.22. The minimum atomic E-state index is 0.0724. The number of nitrogens with two attached hydrogens (primary N) is 1. The summed E-state index contributed by atoms with van der Waals surface area (Å²) in [5, 5.41) is 9.41. The molecule has 1 aliphatic heterocycles. The first-order valence-corrected chi connectivity index (χ1v) is 7.47. The van der Waals surface area contributed by atoms with E-state index < -0.39 is 0 Å². The van der Waals surface area contributed by atoms with Crippen molar-refractivity contribution in [2.45, 2.75) is 18.9 Å². The van der Waals surface area contributed by atoms with E-state index in [0.717, 1.165) is 37.2 Å². The lowest BCUT2D eigenvalue weighted by Crippen LogP contribution is -2.38. The van der Waals surface area contributed by atoms with Gasteiger partial charge >= 0.3 is 0 Å². The number of halogens is 1. The van der Waals surface area contributed by atoms with Gasteiger partial charge in [0.2, 0.25) is 0 Å². The molecular formula is C14H19ClN2O2S. The van der Waals surface area contributed by atoms with Gasteiger partial charge in [0.1, 0.15) is 4.99 Å². The number of hydrogen-bond donors (Lipinski definition) is 2.